The monoisotopic (exact) mass is 882 g/mol. The summed E-state index contributed by atoms with van der Waals surface area (Å²) in [5.74, 6) is -4.75. The van der Waals surface area contributed by atoms with Crippen molar-refractivity contribution >= 4 is 46.6 Å². The molecule has 0 saturated carbocycles. The van der Waals surface area contributed by atoms with Gasteiger partial charge in [-0.1, -0.05) is 72.8 Å². The van der Waals surface area contributed by atoms with E-state index in [0.717, 1.165) is 17.0 Å². The number of cyclic esters (lactones) is 1. The molecule has 7 rings (SSSR count). The summed E-state index contributed by atoms with van der Waals surface area (Å²) in [7, 11) is 0. The highest BCUT2D eigenvalue weighted by molar-refractivity contribution is 5.96. The van der Waals surface area contributed by atoms with Crippen LogP contribution in [-0.4, -0.2) is 51.9 Å². The van der Waals surface area contributed by atoms with E-state index in [0.29, 0.717) is 28.0 Å². The van der Waals surface area contributed by atoms with E-state index < -0.39 is 70.0 Å². The third-order valence-electron chi connectivity index (χ3n) is 10.4. The van der Waals surface area contributed by atoms with Crippen LogP contribution in [0.2, 0.25) is 0 Å². The molecule has 1 N–H and O–H groups in total. The van der Waals surface area contributed by atoms with E-state index in [9.17, 15) is 43.4 Å². The first-order chi connectivity index (χ1) is 31.3. The molecule has 6 aromatic rings. The van der Waals surface area contributed by atoms with Crippen molar-refractivity contribution in [3.8, 4) is 5.75 Å². The van der Waals surface area contributed by atoms with E-state index in [4.69, 9.17) is 14.2 Å². The molecule has 0 spiro atoms. The van der Waals surface area contributed by atoms with E-state index in [1.165, 1.54) is 97.1 Å². The summed E-state index contributed by atoms with van der Waals surface area (Å²) < 4.78 is 45.0. The predicted octanol–water partition coefficient (Wildman–Crippen LogP) is 9.82. The molecule has 1 heterocycles. The maximum atomic E-state index is 15.2. The summed E-state index contributed by atoms with van der Waals surface area (Å²) in [5.41, 5.74) is 1.26. The van der Waals surface area contributed by atoms with Gasteiger partial charge in [0.25, 0.3) is 11.4 Å². The number of hydrogen-bond acceptors (Lipinski definition) is 12. The van der Waals surface area contributed by atoms with Crippen molar-refractivity contribution in [1.29, 1.82) is 0 Å². The first-order valence-electron chi connectivity index (χ1n) is 19.8. The van der Waals surface area contributed by atoms with Crippen molar-refractivity contribution in [1.82, 2.24) is 4.90 Å². The lowest BCUT2D eigenvalue weighted by molar-refractivity contribution is -0.385. The molecule has 0 aliphatic carbocycles. The lowest BCUT2D eigenvalue weighted by Crippen LogP contribution is -2.42. The number of nitro benzene ring substituents is 2. The minimum atomic E-state index is -1.22. The van der Waals surface area contributed by atoms with Crippen LogP contribution in [0.1, 0.15) is 55.9 Å². The fourth-order valence-electron chi connectivity index (χ4n) is 7.11. The Morgan fingerprint density at radius 3 is 1.92 bits per heavy atom. The number of hydrogen-bond donors (Lipinski definition) is 1. The van der Waals surface area contributed by atoms with Gasteiger partial charge in [-0.3, -0.25) is 25.0 Å². The number of nitro groups is 2. The Hall–Kier alpha value is -8.60. The predicted molar refractivity (Wildman–Crippen MR) is 231 cm³/mol. The molecule has 6 aromatic carbocycles. The third kappa shape index (κ3) is 10.9. The Morgan fingerprint density at radius 1 is 0.738 bits per heavy atom. The van der Waals surface area contributed by atoms with Gasteiger partial charge in [-0.15, -0.1) is 0 Å². The van der Waals surface area contributed by atoms with Gasteiger partial charge in [-0.05, 0) is 89.3 Å². The Bertz CT molecular complexity index is 2770. The molecule has 1 aliphatic rings. The van der Waals surface area contributed by atoms with Crippen LogP contribution in [0.3, 0.4) is 0 Å². The summed E-state index contributed by atoms with van der Waals surface area (Å²) in [4.78, 5) is 77.4. The molecule has 65 heavy (non-hydrogen) atoms. The Kier molecular flexibility index (Phi) is 13.7. The third-order valence-corrected chi connectivity index (χ3v) is 10.4. The van der Waals surface area contributed by atoms with Crippen molar-refractivity contribution in [2.75, 3.05) is 18.5 Å². The summed E-state index contributed by atoms with van der Waals surface area (Å²) in [5, 5.41) is 26.0. The quantitative estimate of drug-likeness (QED) is 0.0419. The lowest BCUT2D eigenvalue weighted by Gasteiger charge is -2.32. The Morgan fingerprint density at radius 2 is 1.32 bits per heavy atom. The summed E-state index contributed by atoms with van der Waals surface area (Å²) in [6.07, 6.45) is 0.490. The highest BCUT2D eigenvalue weighted by atomic mass is 19.1. The van der Waals surface area contributed by atoms with Crippen LogP contribution >= 0.6 is 0 Å². The van der Waals surface area contributed by atoms with E-state index in [1.807, 2.05) is 0 Å². The number of carbonyl (C=O) groups is 4. The Labute approximate surface area is 368 Å². The number of ether oxygens (including phenoxy) is 3. The zero-order valence-corrected chi connectivity index (χ0v) is 34.0. The van der Waals surface area contributed by atoms with Crippen LogP contribution in [0.25, 0.3) is 5.57 Å². The zero-order valence-electron chi connectivity index (χ0n) is 34.0. The minimum absolute atomic E-state index is 0.0463. The van der Waals surface area contributed by atoms with Gasteiger partial charge in [0.15, 0.2) is 0 Å². The summed E-state index contributed by atoms with van der Waals surface area (Å²) in [6.45, 7) is -0.584. The molecule has 1 fully saturated rings. The number of rotatable bonds is 16. The number of benzene rings is 6. The molecule has 0 bridgehead atoms. The molecule has 0 radical (unpaired) electrons. The number of carbonyl (C=O) groups excluding carboxylic acids is 4. The molecule has 1 aliphatic heterocycles. The second kappa shape index (κ2) is 20.1. The molecule has 328 valence electrons. The first-order valence-corrected chi connectivity index (χ1v) is 19.8. The van der Waals surface area contributed by atoms with Crippen LogP contribution in [0.15, 0.2) is 158 Å². The molecule has 17 heteroatoms. The van der Waals surface area contributed by atoms with E-state index in [-0.39, 0.29) is 41.3 Å². The maximum absolute atomic E-state index is 15.2. The van der Waals surface area contributed by atoms with Crippen LogP contribution in [0, 0.1) is 37.8 Å². The molecule has 1 saturated heterocycles. The maximum Gasteiger partial charge on any atom is 0.417 e. The second-order valence-electron chi connectivity index (χ2n) is 14.6. The van der Waals surface area contributed by atoms with Crippen LogP contribution in [-0.2, 0) is 14.3 Å². The highest BCUT2D eigenvalue weighted by Gasteiger charge is 2.44. The number of imide groups is 1. The van der Waals surface area contributed by atoms with Gasteiger partial charge in [0.2, 0.25) is 5.91 Å². The SMILES string of the molecule is O=C(OCC(=CC[C@@H](C(=O)N1C(=O)OC[C@@H]1c1ccccc1)[C@H](Nc1ccc(F)cc1)c1ccc(OC(=O)c2cccc([N+](=O)[O-])c2)cc1)c1ccc(F)cc1)c1cccc([N+](=O)[O-])c1. The smallest absolute Gasteiger partial charge is 0.417 e. The second-order valence-corrected chi connectivity index (χ2v) is 14.6. The highest BCUT2D eigenvalue weighted by Crippen LogP contribution is 2.37. The van der Waals surface area contributed by atoms with Gasteiger partial charge in [-0.25, -0.2) is 28.1 Å². The van der Waals surface area contributed by atoms with Gasteiger partial charge in [0.1, 0.15) is 36.6 Å². The number of allylic oxidation sites excluding steroid dienone is 1. The van der Waals surface area contributed by atoms with Crippen molar-refractivity contribution in [3.63, 3.8) is 0 Å². The fourth-order valence-corrected chi connectivity index (χ4v) is 7.11. The molecule has 15 nitrogen and oxygen atoms in total. The number of nitrogens with zero attached hydrogens (tertiary/aromatic N) is 3. The topological polar surface area (TPSA) is 198 Å². The van der Waals surface area contributed by atoms with Crippen molar-refractivity contribution in [2.45, 2.75) is 18.5 Å². The molecular formula is C48H36F2N4O11. The van der Waals surface area contributed by atoms with Crippen molar-refractivity contribution < 1.29 is 52.0 Å². The first kappa shape index (κ1) is 44.5. The lowest BCUT2D eigenvalue weighted by atomic mass is 9.87. The number of non-ortho nitro benzene ring substituents is 2. The van der Waals surface area contributed by atoms with Gasteiger partial charge in [0, 0.05) is 30.0 Å². The van der Waals surface area contributed by atoms with Crippen LogP contribution < -0.4 is 10.1 Å². The number of halogens is 2. The molecule has 3 atom stereocenters. The van der Waals surface area contributed by atoms with Gasteiger partial charge in [-0.2, -0.15) is 0 Å². The summed E-state index contributed by atoms with van der Waals surface area (Å²) in [6, 6.07) is 33.4. The minimum Gasteiger partial charge on any atom is -0.457 e. The van der Waals surface area contributed by atoms with Crippen molar-refractivity contribution in [3.05, 3.63) is 217 Å². The molecule has 2 amide bonds. The number of anilines is 1. The average Bonchev–Trinajstić information content (AvgIpc) is 3.71. The fraction of sp³-hybridized carbons (Fsp3) is 0.125. The van der Waals surface area contributed by atoms with Gasteiger partial charge >= 0.3 is 18.0 Å². The van der Waals surface area contributed by atoms with Gasteiger partial charge in [0.05, 0.1) is 32.9 Å². The number of amides is 2. The molecule has 0 aromatic heterocycles. The van der Waals surface area contributed by atoms with Gasteiger partial charge < -0.3 is 19.5 Å². The number of nitrogens with one attached hydrogen (secondary N) is 1. The van der Waals surface area contributed by atoms with E-state index >= 15 is 4.79 Å². The van der Waals surface area contributed by atoms with Crippen LogP contribution in [0.5, 0.6) is 5.75 Å². The normalized spacial score (nSPS) is 14.4. The summed E-state index contributed by atoms with van der Waals surface area (Å²) >= 11 is 0. The Balaban J connectivity index is 1.29. The standard InChI is InChI=1S/C48H36F2N4O11/c49-36-17-12-30(13-18-36)35(28-63-46(56)33-8-4-10-39(26-33)53(59)60)16-25-42(45(55)52-43(29-64-48(52)58)31-6-2-1-3-7-31)44(51-38-21-19-37(50)20-22-38)32-14-23-41(24-15-32)65-47(57)34-9-5-11-40(27-34)54(61)62/h1-24,26-27,42-44,51H,25,28-29H2/t42-,43-,44-/m1/s1. The average molecular weight is 883 g/mol. The molecule has 0 unspecified atom stereocenters. The van der Waals surface area contributed by atoms with E-state index in [2.05, 4.69) is 5.32 Å². The van der Waals surface area contributed by atoms with Crippen molar-refractivity contribution in [2.24, 2.45) is 5.92 Å². The number of esters is 2. The van der Waals surface area contributed by atoms with Crippen LogP contribution in [0.4, 0.5) is 30.6 Å². The largest absolute Gasteiger partial charge is 0.457 e. The zero-order chi connectivity index (χ0) is 46.0. The molecular weight excluding hydrogens is 847 g/mol. The van der Waals surface area contributed by atoms with E-state index in [1.54, 1.807) is 48.5 Å².